The summed E-state index contributed by atoms with van der Waals surface area (Å²) >= 11 is 1.33. The number of carbonyl (C=O) groups is 2. The molecule has 1 fully saturated rings. The van der Waals surface area contributed by atoms with Crippen LogP contribution in [0.15, 0.2) is 53.9 Å². The molecule has 33 heavy (non-hydrogen) atoms. The number of amides is 3. The minimum Gasteiger partial charge on any atom is -0.486 e. The number of halogens is 3. The molecule has 1 aliphatic heterocycles. The highest BCUT2D eigenvalue weighted by Gasteiger charge is 2.49. The van der Waals surface area contributed by atoms with Crippen LogP contribution >= 0.6 is 11.3 Å². The maximum absolute atomic E-state index is 13.1. The third-order valence-electron chi connectivity index (χ3n) is 5.34. The molecule has 0 saturated carbocycles. The zero-order valence-electron chi connectivity index (χ0n) is 17.8. The summed E-state index contributed by atoms with van der Waals surface area (Å²) in [7, 11) is 0. The second-order valence-corrected chi connectivity index (χ2v) is 8.80. The second kappa shape index (κ2) is 8.51. The van der Waals surface area contributed by atoms with Crippen molar-refractivity contribution in [1.29, 1.82) is 0 Å². The molecular formula is C23H20F3N3O3S. The van der Waals surface area contributed by atoms with E-state index in [0.29, 0.717) is 16.5 Å². The first-order valence-corrected chi connectivity index (χ1v) is 10.9. The summed E-state index contributed by atoms with van der Waals surface area (Å²) in [6.45, 7) is 3.51. The fourth-order valence-corrected chi connectivity index (χ4v) is 4.17. The van der Waals surface area contributed by atoms with Gasteiger partial charge in [0.05, 0.1) is 17.8 Å². The number of imide groups is 1. The molecule has 1 unspecified atom stereocenters. The third kappa shape index (κ3) is 4.70. The normalized spacial score (nSPS) is 18.5. The Balaban J connectivity index is 1.46. The average Bonchev–Trinajstić information content (AvgIpc) is 3.31. The van der Waals surface area contributed by atoms with E-state index in [1.807, 2.05) is 31.2 Å². The Bertz CT molecular complexity index is 1190. The molecule has 1 aliphatic rings. The van der Waals surface area contributed by atoms with Crippen LogP contribution in [0.3, 0.4) is 0 Å². The maximum atomic E-state index is 13.1. The number of benzene rings is 2. The minimum atomic E-state index is -4.56. The Morgan fingerprint density at radius 1 is 1.15 bits per heavy atom. The van der Waals surface area contributed by atoms with E-state index < -0.39 is 29.2 Å². The number of nitrogens with zero attached hydrogens (tertiary/aromatic N) is 2. The summed E-state index contributed by atoms with van der Waals surface area (Å²) in [5.41, 5.74) is -0.835. The number of ether oxygens (including phenoxy) is 1. The zero-order valence-corrected chi connectivity index (χ0v) is 18.6. The van der Waals surface area contributed by atoms with Gasteiger partial charge in [-0.2, -0.15) is 13.2 Å². The SMILES string of the molecule is Cc1ccc(OCc2nc(CN3C(=O)NC(C)(c4cccc(C(F)(F)F)c4)C3=O)cs2)cc1. The van der Waals surface area contributed by atoms with Crippen LogP contribution in [0.5, 0.6) is 5.75 Å². The Kier molecular flexibility index (Phi) is 5.87. The lowest BCUT2D eigenvalue weighted by Crippen LogP contribution is -2.41. The number of nitrogens with one attached hydrogen (secondary N) is 1. The van der Waals surface area contributed by atoms with Gasteiger partial charge in [-0.25, -0.2) is 9.78 Å². The van der Waals surface area contributed by atoms with Crippen molar-refractivity contribution in [3.8, 4) is 5.75 Å². The number of hydrogen-bond donors (Lipinski definition) is 1. The number of thiazole rings is 1. The van der Waals surface area contributed by atoms with Gasteiger partial charge in [-0.15, -0.1) is 11.3 Å². The Hall–Kier alpha value is -3.40. The quantitative estimate of drug-likeness (QED) is 0.509. The molecule has 1 atom stereocenters. The summed E-state index contributed by atoms with van der Waals surface area (Å²) in [6.07, 6.45) is -4.56. The van der Waals surface area contributed by atoms with E-state index in [-0.39, 0.29) is 18.7 Å². The first-order valence-electron chi connectivity index (χ1n) is 10.0. The van der Waals surface area contributed by atoms with Crippen molar-refractivity contribution in [2.75, 3.05) is 0 Å². The van der Waals surface area contributed by atoms with Gasteiger partial charge in [0.25, 0.3) is 5.91 Å². The molecule has 1 aromatic heterocycles. The number of aryl methyl sites for hydroxylation is 1. The standard InChI is InChI=1S/C23H20F3N3O3S/c1-14-6-8-18(9-7-14)32-12-19-27-17(13-33-19)11-29-20(30)22(2,28-21(29)31)15-4-3-5-16(10-15)23(24,25)26/h3-10,13H,11-12H2,1-2H3,(H,28,31). The Morgan fingerprint density at radius 3 is 2.58 bits per heavy atom. The summed E-state index contributed by atoms with van der Waals surface area (Å²) in [6, 6.07) is 11.3. The molecule has 172 valence electrons. The molecule has 4 rings (SSSR count). The van der Waals surface area contributed by atoms with E-state index in [1.54, 1.807) is 5.38 Å². The lowest BCUT2D eigenvalue weighted by molar-refractivity contribution is -0.138. The van der Waals surface area contributed by atoms with Crippen LogP contribution in [0.1, 0.15) is 34.3 Å². The van der Waals surface area contributed by atoms with Gasteiger partial charge in [-0.05, 0) is 43.7 Å². The smallest absolute Gasteiger partial charge is 0.416 e. The van der Waals surface area contributed by atoms with Crippen LogP contribution in [0, 0.1) is 6.92 Å². The van der Waals surface area contributed by atoms with Crippen LogP contribution in [0.25, 0.3) is 0 Å². The van der Waals surface area contributed by atoms with Gasteiger partial charge in [0.2, 0.25) is 0 Å². The molecule has 1 N–H and O–H groups in total. The van der Waals surface area contributed by atoms with E-state index in [2.05, 4.69) is 10.3 Å². The number of carbonyl (C=O) groups excluding carboxylic acids is 2. The van der Waals surface area contributed by atoms with Gasteiger partial charge in [0.1, 0.15) is 22.9 Å². The summed E-state index contributed by atoms with van der Waals surface area (Å²) in [4.78, 5) is 31.0. The van der Waals surface area contributed by atoms with Crippen molar-refractivity contribution in [3.63, 3.8) is 0 Å². The zero-order chi connectivity index (χ0) is 23.8. The van der Waals surface area contributed by atoms with E-state index in [4.69, 9.17) is 4.74 Å². The van der Waals surface area contributed by atoms with E-state index in [0.717, 1.165) is 22.6 Å². The van der Waals surface area contributed by atoms with Gasteiger partial charge in [0, 0.05) is 5.38 Å². The minimum absolute atomic E-state index is 0.0589. The van der Waals surface area contributed by atoms with Crippen LogP contribution in [-0.2, 0) is 29.7 Å². The fourth-order valence-electron chi connectivity index (χ4n) is 3.47. The van der Waals surface area contributed by atoms with E-state index in [1.165, 1.54) is 30.4 Å². The van der Waals surface area contributed by atoms with Crippen LogP contribution in [-0.4, -0.2) is 21.8 Å². The van der Waals surface area contributed by atoms with Crippen LogP contribution in [0.2, 0.25) is 0 Å². The summed E-state index contributed by atoms with van der Waals surface area (Å²) in [5.74, 6) is 0.0561. The number of aromatic nitrogens is 1. The second-order valence-electron chi connectivity index (χ2n) is 7.86. The summed E-state index contributed by atoms with van der Waals surface area (Å²) in [5, 5.41) is 4.91. The van der Waals surface area contributed by atoms with Crippen molar-refractivity contribution in [1.82, 2.24) is 15.2 Å². The predicted octanol–water partition coefficient (Wildman–Crippen LogP) is 5.02. The molecular weight excluding hydrogens is 455 g/mol. The summed E-state index contributed by atoms with van der Waals surface area (Å²) < 4.78 is 45.0. The number of rotatable bonds is 6. The Morgan fingerprint density at radius 2 is 1.88 bits per heavy atom. The van der Waals surface area contributed by atoms with Crippen LogP contribution in [0.4, 0.5) is 18.0 Å². The van der Waals surface area contributed by atoms with Gasteiger partial charge in [-0.3, -0.25) is 9.69 Å². The monoisotopic (exact) mass is 475 g/mol. The van der Waals surface area contributed by atoms with Gasteiger partial charge >= 0.3 is 12.2 Å². The van der Waals surface area contributed by atoms with Crippen molar-refractivity contribution in [2.24, 2.45) is 0 Å². The fraction of sp³-hybridized carbons (Fsp3) is 0.261. The molecule has 0 bridgehead atoms. The maximum Gasteiger partial charge on any atom is 0.416 e. The molecule has 1 saturated heterocycles. The van der Waals surface area contributed by atoms with Gasteiger partial charge in [-0.1, -0.05) is 29.8 Å². The lowest BCUT2D eigenvalue weighted by Gasteiger charge is -2.23. The first-order chi connectivity index (χ1) is 15.6. The number of alkyl halides is 3. The van der Waals surface area contributed by atoms with Crippen molar-refractivity contribution in [3.05, 3.63) is 81.3 Å². The largest absolute Gasteiger partial charge is 0.486 e. The van der Waals surface area contributed by atoms with Gasteiger partial charge < -0.3 is 10.1 Å². The highest BCUT2D eigenvalue weighted by Crippen LogP contribution is 2.35. The first kappa shape index (κ1) is 22.8. The topological polar surface area (TPSA) is 71.5 Å². The molecule has 2 heterocycles. The highest BCUT2D eigenvalue weighted by molar-refractivity contribution is 7.09. The molecule has 0 spiro atoms. The lowest BCUT2D eigenvalue weighted by atomic mass is 9.90. The molecule has 0 aliphatic carbocycles. The van der Waals surface area contributed by atoms with Crippen molar-refractivity contribution >= 4 is 23.3 Å². The molecule has 6 nitrogen and oxygen atoms in total. The van der Waals surface area contributed by atoms with E-state index >= 15 is 0 Å². The van der Waals surface area contributed by atoms with Crippen LogP contribution < -0.4 is 10.1 Å². The van der Waals surface area contributed by atoms with Crippen molar-refractivity contribution in [2.45, 2.75) is 38.7 Å². The Labute approximate surface area is 192 Å². The number of urea groups is 1. The third-order valence-corrected chi connectivity index (χ3v) is 6.22. The van der Waals surface area contributed by atoms with Crippen molar-refractivity contribution < 1.29 is 27.5 Å². The molecule has 3 aromatic rings. The highest BCUT2D eigenvalue weighted by atomic mass is 32.1. The predicted molar refractivity (Wildman–Crippen MR) is 116 cm³/mol. The van der Waals surface area contributed by atoms with E-state index in [9.17, 15) is 22.8 Å². The molecule has 3 amide bonds. The van der Waals surface area contributed by atoms with Gasteiger partial charge in [0.15, 0.2) is 0 Å². The molecule has 0 radical (unpaired) electrons. The average molecular weight is 475 g/mol. The molecule has 2 aromatic carbocycles. The molecule has 10 heteroatoms. The number of hydrogen-bond acceptors (Lipinski definition) is 5.